The van der Waals surface area contributed by atoms with Crippen molar-refractivity contribution in [2.45, 2.75) is 32.2 Å². The Balaban J connectivity index is 1.57. The van der Waals surface area contributed by atoms with Crippen molar-refractivity contribution < 1.29 is 14.6 Å². The van der Waals surface area contributed by atoms with Gasteiger partial charge in [-0.1, -0.05) is 66.7 Å². The Morgan fingerprint density at radius 2 is 1.39 bits per heavy atom. The number of hydrogen-bond acceptors (Lipinski definition) is 4. The Labute approximate surface area is 166 Å². The van der Waals surface area contributed by atoms with Crippen molar-refractivity contribution in [2.24, 2.45) is 0 Å². The molecule has 1 heterocycles. The van der Waals surface area contributed by atoms with Crippen molar-refractivity contribution in [3.8, 4) is 11.5 Å². The third-order valence-electron chi connectivity index (χ3n) is 5.23. The van der Waals surface area contributed by atoms with Crippen LogP contribution in [-0.2, 0) is 13.1 Å². The average Bonchev–Trinajstić information content (AvgIpc) is 3.21. The molecule has 4 rings (SSSR count). The Bertz CT molecular complexity index is 857. The summed E-state index contributed by atoms with van der Waals surface area (Å²) < 4.78 is 10.9. The zero-order valence-corrected chi connectivity index (χ0v) is 16.0. The van der Waals surface area contributed by atoms with Crippen molar-refractivity contribution >= 4 is 0 Å². The van der Waals surface area contributed by atoms with Gasteiger partial charge in [-0.05, 0) is 35.7 Å². The molecule has 0 aromatic heterocycles. The fourth-order valence-electron chi connectivity index (χ4n) is 3.56. The lowest BCUT2D eigenvalue weighted by Gasteiger charge is -2.33. The van der Waals surface area contributed by atoms with E-state index in [0.29, 0.717) is 5.75 Å². The predicted octanol–water partition coefficient (Wildman–Crippen LogP) is 4.54. The molecule has 0 fully saturated rings. The van der Waals surface area contributed by atoms with Gasteiger partial charge in [0.1, 0.15) is 0 Å². The number of fused-ring (bicyclic) bond motifs is 1. The number of ether oxygens (including phenoxy) is 2. The minimum Gasteiger partial charge on any atom is -0.454 e. The van der Waals surface area contributed by atoms with Crippen LogP contribution in [0.1, 0.15) is 29.7 Å². The molecule has 2 atom stereocenters. The minimum atomic E-state index is -0.637. The summed E-state index contributed by atoms with van der Waals surface area (Å²) in [6.07, 6.45) is -0.637. The van der Waals surface area contributed by atoms with E-state index in [1.54, 1.807) is 0 Å². The molecule has 4 nitrogen and oxygen atoms in total. The Kier molecular flexibility index (Phi) is 5.60. The van der Waals surface area contributed by atoms with Crippen LogP contribution in [0.2, 0.25) is 0 Å². The molecule has 1 aliphatic rings. The molecule has 0 saturated carbocycles. The van der Waals surface area contributed by atoms with E-state index in [1.165, 1.54) is 11.1 Å². The first kappa shape index (κ1) is 18.5. The zero-order valence-electron chi connectivity index (χ0n) is 16.0. The van der Waals surface area contributed by atoms with Crippen LogP contribution < -0.4 is 9.47 Å². The summed E-state index contributed by atoms with van der Waals surface area (Å²) >= 11 is 0. The van der Waals surface area contributed by atoms with Gasteiger partial charge in [-0.2, -0.15) is 0 Å². The molecular weight excluding hydrogens is 350 g/mol. The molecule has 0 aliphatic carbocycles. The molecule has 144 valence electrons. The molecule has 28 heavy (non-hydrogen) atoms. The highest BCUT2D eigenvalue weighted by Crippen LogP contribution is 2.35. The van der Waals surface area contributed by atoms with E-state index in [1.807, 2.05) is 30.3 Å². The van der Waals surface area contributed by atoms with Crippen LogP contribution in [0, 0.1) is 0 Å². The van der Waals surface area contributed by atoms with E-state index in [2.05, 4.69) is 60.4 Å². The molecule has 0 bridgehead atoms. The van der Waals surface area contributed by atoms with Crippen molar-refractivity contribution in [3.63, 3.8) is 0 Å². The van der Waals surface area contributed by atoms with Crippen LogP contribution >= 0.6 is 0 Å². The number of aliphatic hydroxyl groups is 1. The summed E-state index contributed by atoms with van der Waals surface area (Å²) in [5.41, 5.74) is 3.29. The maximum atomic E-state index is 11.1. The standard InChI is InChI=1S/C24H25NO3/c1-18(24(26)21-12-13-22-23(14-21)28-17-27-22)25(15-19-8-4-2-5-9-19)16-20-10-6-3-7-11-20/h2-14,18,24,26H,15-17H2,1H3/t18-,24-/m0/s1. The second kappa shape index (κ2) is 8.46. The lowest BCUT2D eigenvalue weighted by molar-refractivity contribution is 0.0483. The topological polar surface area (TPSA) is 41.9 Å². The fraction of sp³-hybridized carbons (Fsp3) is 0.250. The van der Waals surface area contributed by atoms with Crippen molar-refractivity contribution in [2.75, 3.05) is 6.79 Å². The van der Waals surface area contributed by atoms with Crippen LogP contribution in [0.25, 0.3) is 0 Å². The maximum Gasteiger partial charge on any atom is 0.231 e. The van der Waals surface area contributed by atoms with Gasteiger partial charge in [-0.3, -0.25) is 4.90 Å². The van der Waals surface area contributed by atoms with Gasteiger partial charge in [0.25, 0.3) is 0 Å². The van der Waals surface area contributed by atoms with Gasteiger partial charge in [0, 0.05) is 19.1 Å². The molecule has 1 aliphatic heterocycles. The Morgan fingerprint density at radius 1 is 0.821 bits per heavy atom. The van der Waals surface area contributed by atoms with Crippen LogP contribution in [0.3, 0.4) is 0 Å². The molecule has 0 spiro atoms. The summed E-state index contributed by atoms with van der Waals surface area (Å²) in [6.45, 7) is 3.83. The average molecular weight is 375 g/mol. The quantitative estimate of drug-likeness (QED) is 0.658. The van der Waals surface area contributed by atoms with Crippen molar-refractivity contribution in [3.05, 3.63) is 95.6 Å². The highest BCUT2D eigenvalue weighted by Gasteiger charge is 2.25. The Hall–Kier alpha value is -2.82. The highest BCUT2D eigenvalue weighted by molar-refractivity contribution is 5.45. The normalized spacial score (nSPS) is 14.8. The highest BCUT2D eigenvalue weighted by atomic mass is 16.7. The number of hydrogen-bond donors (Lipinski definition) is 1. The summed E-state index contributed by atoms with van der Waals surface area (Å²) in [5.74, 6) is 1.43. The first-order valence-corrected chi connectivity index (χ1v) is 9.60. The lowest BCUT2D eigenvalue weighted by atomic mass is 10.00. The van der Waals surface area contributed by atoms with Gasteiger partial charge >= 0.3 is 0 Å². The maximum absolute atomic E-state index is 11.1. The smallest absolute Gasteiger partial charge is 0.231 e. The van der Waals surface area contributed by atoms with Crippen LogP contribution in [-0.4, -0.2) is 22.8 Å². The molecule has 3 aromatic rings. The largest absolute Gasteiger partial charge is 0.454 e. The van der Waals surface area contributed by atoms with E-state index < -0.39 is 6.10 Å². The van der Waals surface area contributed by atoms with Gasteiger partial charge in [0.05, 0.1) is 6.10 Å². The molecule has 0 saturated heterocycles. The number of benzene rings is 3. The second-order valence-corrected chi connectivity index (χ2v) is 7.17. The number of nitrogens with zero attached hydrogens (tertiary/aromatic N) is 1. The molecule has 0 unspecified atom stereocenters. The van der Waals surface area contributed by atoms with E-state index in [9.17, 15) is 5.11 Å². The number of rotatable bonds is 7. The van der Waals surface area contributed by atoms with Crippen molar-refractivity contribution in [1.29, 1.82) is 0 Å². The summed E-state index contributed by atoms with van der Waals surface area (Å²) in [7, 11) is 0. The molecule has 4 heteroatoms. The first-order chi connectivity index (χ1) is 13.7. The molecular formula is C24H25NO3. The predicted molar refractivity (Wildman–Crippen MR) is 109 cm³/mol. The lowest BCUT2D eigenvalue weighted by Crippen LogP contribution is -2.36. The third kappa shape index (κ3) is 4.19. The van der Waals surface area contributed by atoms with E-state index in [-0.39, 0.29) is 12.8 Å². The SMILES string of the molecule is C[C@@H]([C@H](O)c1ccc2c(c1)OCO2)N(Cc1ccccc1)Cc1ccccc1. The van der Waals surface area contributed by atoms with Crippen LogP contribution in [0.5, 0.6) is 11.5 Å². The van der Waals surface area contributed by atoms with Crippen LogP contribution in [0.4, 0.5) is 0 Å². The molecule has 1 N–H and O–H groups in total. The van der Waals surface area contributed by atoms with Gasteiger partial charge < -0.3 is 14.6 Å². The summed E-state index contributed by atoms with van der Waals surface area (Å²) in [4.78, 5) is 2.31. The van der Waals surface area contributed by atoms with Gasteiger partial charge in [-0.15, -0.1) is 0 Å². The van der Waals surface area contributed by atoms with E-state index in [4.69, 9.17) is 9.47 Å². The van der Waals surface area contributed by atoms with Gasteiger partial charge in [0.15, 0.2) is 11.5 Å². The first-order valence-electron chi connectivity index (χ1n) is 9.60. The molecule has 3 aromatic carbocycles. The van der Waals surface area contributed by atoms with E-state index >= 15 is 0 Å². The second-order valence-electron chi connectivity index (χ2n) is 7.17. The zero-order chi connectivity index (χ0) is 19.3. The summed E-state index contributed by atoms with van der Waals surface area (Å²) in [6, 6.07) is 26.3. The van der Waals surface area contributed by atoms with E-state index in [0.717, 1.165) is 24.4 Å². The fourth-order valence-corrected chi connectivity index (χ4v) is 3.56. The van der Waals surface area contributed by atoms with Gasteiger partial charge in [0.2, 0.25) is 6.79 Å². The monoisotopic (exact) mass is 375 g/mol. The van der Waals surface area contributed by atoms with Gasteiger partial charge in [-0.25, -0.2) is 0 Å². The Morgan fingerprint density at radius 3 is 2.00 bits per heavy atom. The third-order valence-corrected chi connectivity index (χ3v) is 5.23. The molecule has 0 amide bonds. The van der Waals surface area contributed by atoms with Crippen molar-refractivity contribution in [1.82, 2.24) is 4.90 Å². The number of aliphatic hydroxyl groups excluding tert-OH is 1. The summed E-state index contributed by atoms with van der Waals surface area (Å²) in [5, 5.41) is 11.1. The van der Waals surface area contributed by atoms with Crippen LogP contribution in [0.15, 0.2) is 78.9 Å². The molecule has 0 radical (unpaired) electrons. The minimum absolute atomic E-state index is 0.0826.